The first-order chi connectivity index (χ1) is 21.0. The zero-order valence-corrected chi connectivity index (χ0v) is 27.5. The van der Waals surface area contributed by atoms with Gasteiger partial charge in [-0.3, -0.25) is 13.9 Å². The van der Waals surface area contributed by atoms with Crippen molar-refractivity contribution in [3.8, 4) is 17.2 Å². The number of sulfonamides is 1. The Bertz CT molecular complexity index is 1570. The van der Waals surface area contributed by atoms with Crippen molar-refractivity contribution in [1.82, 2.24) is 10.2 Å². The number of unbranched alkanes of at least 4 members (excludes halogenated alkanes) is 1. The molecule has 1 unspecified atom stereocenters. The minimum absolute atomic E-state index is 0.0547. The van der Waals surface area contributed by atoms with Gasteiger partial charge >= 0.3 is 0 Å². The van der Waals surface area contributed by atoms with Gasteiger partial charge in [-0.05, 0) is 61.7 Å². The first kappa shape index (κ1) is 34.5. The van der Waals surface area contributed by atoms with Crippen molar-refractivity contribution in [2.24, 2.45) is 0 Å². The summed E-state index contributed by atoms with van der Waals surface area (Å²) < 4.78 is 45.7. The fourth-order valence-corrected chi connectivity index (χ4v) is 6.16. The van der Waals surface area contributed by atoms with Crippen LogP contribution in [0.2, 0.25) is 5.02 Å². The van der Waals surface area contributed by atoms with Crippen molar-refractivity contribution in [3.05, 3.63) is 76.8 Å². The molecule has 0 spiro atoms. The molecule has 12 heteroatoms. The molecule has 0 aromatic heterocycles. The van der Waals surface area contributed by atoms with Crippen molar-refractivity contribution in [3.63, 3.8) is 0 Å². The van der Waals surface area contributed by atoms with Gasteiger partial charge in [-0.25, -0.2) is 8.42 Å². The molecule has 0 fully saturated rings. The van der Waals surface area contributed by atoms with Gasteiger partial charge in [-0.2, -0.15) is 0 Å². The molecule has 3 aromatic rings. The summed E-state index contributed by atoms with van der Waals surface area (Å²) in [6.45, 7) is 5.46. The van der Waals surface area contributed by atoms with Crippen LogP contribution in [0.25, 0.3) is 0 Å². The van der Waals surface area contributed by atoms with E-state index in [0.717, 1.165) is 28.3 Å². The topological polar surface area (TPSA) is 114 Å². The molecule has 0 heterocycles. The monoisotopic (exact) mass is 645 g/mol. The summed E-state index contributed by atoms with van der Waals surface area (Å²) in [5.74, 6) is -0.229. The molecule has 10 nitrogen and oxygen atoms in total. The number of carbonyl (C=O) groups is 2. The number of rotatable bonds is 15. The standard InChI is InChI=1S/C32H40ClN3O7S/c1-7-8-17-34-32(38)23(3)35(20-24-12-10-9-11-22(24)2)31(37)21-36(27-18-25(33)13-15-28(27)41-4)44(39,40)26-14-16-29(42-5)30(19-26)43-6/h9-16,18-19,23H,7-8,17,20-21H2,1-6H3,(H,34,38). The highest BCUT2D eigenvalue weighted by Crippen LogP contribution is 2.37. The summed E-state index contributed by atoms with van der Waals surface area (Å²) in [4.78, 5) is 28.6. The molecule has 0 aliphatic rings. The molecule has 2 amide bonds. The van der Waals surface area contributed by atoms with Crippen LogP contribution in [0.3, 0.4) is 0 Å². The molecule has 1 atom stereocenters. The Morgan fingerprint density at radius 3 is 2.23 bits per heavy atom. The number of aryl methyl sites for hydroxylation is 1. The molecular formula is C32H40ClN3O7S. The van der Waals surface area contributed by atoms with E-state index in [4.69, 9.17) is 25.8 Å². The smallest absolute Gasteiger partial charge is 0.265 e. The Kier molecular flexibility index (Phi) is 12.3. The minimum atomic E-state index is -4.42. The van der Waals surface area contributed by atoms with E-state index in [1.807, 2.05) is 38.1 Å². The van der Waals surface area contributed by atoms with Crippen molar-refractivity contribution >= 4 is 39.1 Å². The molecule has 3 rings (SSSR count). The summed E-state index contributed by atoms with van der Waals surface area (Å²) in [7, 11) is -0.196. The van der Waals surface area contributed by atoms with Gasteiger partial charge in [-0.15, -0.1) is 0 Å². The maximum atomic E-state index is 14.3. The Balaban J connectivity index is 2.13. The molecule has 0 aliphatic heterocycles. The second kappa shape index (κ2) is 15.7. The molecule has 0 saturated heterocycles. The second-order valence-electron chi connectivity index (χ2n) is 10.1. The Morgan fingerprint density at radius 2 is 1.59 bits per heavy atom. The first-order valence-electron chi connectivity index (χ1n) is 14.2. The molecule has 1 N–H and O–H groups in total. The number of ether oxygens (including phenoxy) is 3. The molecule has 0 bridgehead atoms. The Morgan fingerprint density at radius 1 is 0.932 bits per heavy atom. The lowest BCUT2D eigenvalue weighted by Crippen LogP contribution is -2.51. The normalized spacial score (nSPS) is 11.8. The second-order valence-corrected chi connectivity index (χ2v) is 12.4. The molecule has 238 valence electrons. The number of benzene rings is 3. The zero-order valence-electron chi connectivity index (χ0n) is 25.9. The fraction of sp³-hybridized carbons (Fsp3) is 0.375. The maximum Gasteiger partial charge on any atom is 0.265 e. The van der Waals surface area contributed by atoms with Crippen molar-refractivity contribution in [2.45, 2.75) is 51.1 Å². The van der Waals surface area contributed by atoms with Gasteiger partial charge in [0.25, 0.3) is 10.0 Å². The first-order valence-corrected chi connectivity index (χ1v) is 16.0. The molecule has 0 radical (unpaired) electrons. The largest absolute Gasteiger partial charge is 0.495 e. The van der Waals surface area contributed by atoms with Crippen LogP contribution < -0.4 is 23.8 Å². The predicted octanol–water partition coefficient (Wildman–Crippen LogP) is 5.20. The van der Waals surface area contributed by atoms with Crippen molar-refractivity contribution in [2.75, 3.05) is 38.7 Å². The summed E-state index contributed by atoms with van der Waals surface area (Å²) in [6.07, 6.45) is 1.68. The number of carbonyl (C=O) groups excluding carboxylic acids is 2. The quantitative estimate of drug-likeness (QED) is 0.226. The average molecular weight is 646 g/mol. The third kappa shape index (κ3) is 8.15. The number of hydrogen-bond donors (Lipinski definition) is 1. The lowest BCUT2D eigenvalue weighted by molar-refractivity contribution is -0.139. The van der Waals surface area contributed by atoms with Crippen LogP contribution in [0.4, 0.5) is 5.69 Å². The molecule has 44 heavy (non-hydrogen) atoms. The number of hydrogen-bond acceptors (Lipinski definition) is 7. The summed E-state index contributed by atoms with van der Waals surface area (Å²) >= 11 is 6.32. The number of anilines is 1. The maximum absolute atomic E-state index is 14.3. The Hall–Kier alpha value is -3.96. The van der Waals surface area contributed by atoms with Crippen LogP contribution >= 0.6 is 11.6 Å². The van der Waals surface area contributed by atoms with E-state index < -0.39 is 28.5 Å². The summed E-state index contributed by atoms with van der Waals surface area (Å²) in [5, 5.41) is 3.12. The highest BCUT2D eigenvalue weighted by molar-refractivity contribution is 7.92. The van der Waals surface area contributed by atoms with E-state index in [2.05, 4.69) is 5.32 Å². The zero-order chi connectivity index (χ0) is 32.4. The molecule has 0 aliphatic carbocycles. The lowest BCUT2D eigenvalue weighted by atomic mass is 10.1. The van der Waals surface area contributed by atoms with Crippen LogP contribution in [0.15, 0.2) is 65.6 Å². The third-order valence-electron chi connectivity index (χ3n) is 7.23. The van der Waals surface area contributed by atoms with Crippen LogP contribution in [0.5, 0.6) is 17.2 Å². The fourth-order valence-electron chi connectivity index (χ4n) is 4.57. The highest BCUT2D eigenvalue weighted by Gasteiger charge is 2.34. The van der Waals surface area contributed by atoms with E-state index in [-0.39, 0.29) is 39.6 Å². The van der Waals surface area contributed by atoms with Gasteiger partial charge in [0.1, 0.15) is 18.3 Å². The van der Waals surface area contributed by atoms with Crippen LogP contribution in [-0.2, 0) is 26.2 Å². The van der Waals surface area contributed by atoms with Gasteiger partial charge in [0, 0.05) is 24.2 Å². The predicted molar refractivity (Wildman–Crippen MR) is 171 cm³/mol. The summed E-state index contributed by atoms with van der Waals surface area (Å²) in [5.41, 5.74) is 1.80. The summed E-state index contributed by atoms with van der Waals surface area (Å²) in [6, 6.07) is 15.3. The lowest BCUT2D eigenvalue weighted by Gasteiger charge is -2.32. The number of amides is 2. The Labute approximate surface area is 264 Å². The molecule has 3 aromatic carbocycles. The van der Waals surface area contributed by atoms with E-state index >= 15 is 0 Å². The van der Waals surface area contributed by atoms with Crippen LogP contribution in [0.1, 0.15) is 37.8 Å². The highest BCUT2D eigenvalue weighted by atomic mass is 35.5. The van der Waals surface area contributed by atoms with E-state index in [9.17, 15) is 18.0 Å². The van der Waals surface area contributed by atoms with Gasteiger partial charge < -0.3 is 24.4 Å². The van der Waals surface area contributed by atoms with Gasteiger partial charge in [0.05, 0.1) is 31.9 Å². The SMILES string of the molecule is CCCCNC(=O)C(C)N(Cc1ccccc1C)C(=O)CN(c1cc(Cl)ccc1OC)S(=O)(=O)c1ccc(OC)c(OC)c1. The van der Waals surface area contributed by atoms with Gasteiger partial charge in [-0.1, -0.05) is 49.2 Å². The van der Waals surface area contributed by atoms with Crippen LogP contribution in [0, 0.1) is 6.92 Å². The van der Waals surface area contributed by atoms with E-state index in [1.54, 1.807) is 13.0 Å². The van der Waals surface area contributed by atoms with E-state index in [0.29, 0.717) is 12.3 Å². The third-order valence-corrected chi connectivity index (χ3v) is 9.22. The van der Waals surface area contributed by atoms with Gasteiger partial charge in [0.15, 0.2) is 11.5 Å². The van der Waals surface area contributed by atoms with Crippen LogP contribution in [-0.4, -0.2) is 65.6 Å². The number of halogens is 1. The van der Waals surface area contributed by atoms with E-state index in [1.165, 1.54) is 56.6 Å². The number of methoxy groups -OCH3 is 3. The van der Waals surface area contributed by atoms with Gasteiger partial charge in [0.2, 0.25) is 11.8 Å². The number of nitrogens with one attached hydrogen (secondary N) is 1. The molecular weight excluding hydrogens is 606 g/mol. The minimum Gasteiger partial charge on any atom is -0.495 e. The average Bonchev–Trinajstić information content (AvgIpc) is 3.02. The van der Waals surface area contributed by atoms with Crippen molar-refractivity contribution < 1.29 is 32.2 Å². The molecule has 0 saturated carbocycles. The van der Waals surface area contributed by atoms with Crippen molar-refractivity contribution in [1.29, 1.82) is 0 Å². The number of nitrogens with zero attached hydrogens (tertiary/aromatic N) is 2.